The number of carbonyl (C=O) groups is 1. The van der Waals surface area contributed by atoms with Gasteiger partial charge in [0.15, 0.2) is 5.78 Å². The van der Waals surface area contributed by atoms with Crippen LogP contribution in [0.3, 0.4) is 0 Å². The topological polar surface area (TPSA) is 51.0 Å². The van der Waals surface area contributed by atoms with Crippen LogP contribution in [-0.2, 0) is 0 Å². The van der Waals surface area contributed by atoms with Gasteiger partial charge >= 0.3 is 0 Å². The van der Waals surface area contributed by atoms with E-state index in [1.807, 2.05) is 12.1 Å². The average Bonchev–Trinajstić information content (AvgIpc) is 2.48. The van der Waals surface area contributed by atoms with Gasteiger partial charge in [0, 0.05) is 0 Å². The second kappa shape index (κ2) is 7.57. The van der Waals surface area contributed by atoms with E-state index in [0.29, 0.717) is 23.9 Å². The molecular formula is C17H26NO3+. The maximum Gasteiger partial charge on any atom is 0.163 e. The van der Waals surface area contributed by atoms with E-state index in [2.05, 4.69) is 6.92 Å². The van der Waals surface area contributed by atoms with Crippen molar-refractivity contribution >= 4 is 5.78 Å². The number of Topliss-reactive ketones (excluding diaryl/α,β-unsaturated/α-hetero) is 1. The lowest BCUT2D eigenvalue weighted by molar-refractivity contribution is -0.931. The Hall–Kier alpha value is -1.39. The summed E-state index contributed by atoms with van der Waals surface area (Å²) in [4.78, 5) is 13.0. The van der Waals surface area contributed by atoms with E-state index < -0.39 is 6.10 Å². The van der Waals surface area contributed by atoms with Crippen LogP contribution in [0.4, 0.5) is 0 Å². The highest BCUT2D eigenvalue weighted by atomic mass is 16.5. The van der Waals surface area contributed by atoms with Crippen LogP contribution >= 0.6 is 0 Å². The summed E-state index contributed by atoms with van der Waals surface area (Å²) in [7, 11) is 0. The fourth-order valence-corrected chi connectivity index (χ4v) is 2.99. The number of nitrogens with one attached hydrogen (secondary N) is 1. The Morgan fingerprint density at radius 1 is 1.43 bits per heavy atom. The third-order valence-electron chi connectivity index (χ3n) is 4.28. The van der Waals surface area contributed by atoms with E-state index in [9.17, 15) is 9.90 Å². The Labute approximate surface area is 126 Å². The molecule has 1 saturated heterocycles. The van der Waals surface area contributed by atoms with Crippen LogP contribution in [-0.4, -0.2) is 42.7 Å². The van der Waals surface area contributed by atoms with Gasteiger partial charge in [-0.2, -0.15) is 0 Å². The number of ketones is 1. The number of rotatable bonds is 6. The summed E-state index contributed by atoms with van der Waals surface area (Å²) in [5.41, 5.74) is 0.573. The summed E-state index contributed by atoms with van der Waals surface area (Å²) < 4.78 is 5.65. The van der Waals surface area contributed by atoms with Gasteiger partial charge in [-0.3, -0.25) is 4.79 Å². The Morgan fingerprint density at radius 2 is 2.19 bits per heavy atom. The van der Waals surface area contributed by atoms with Gasteiger partial charge in [-0.1, -0.05) is 12.1 Å². The molecule has 1 heterocycles. The van der Waals surface area contributed by atoms with Gasteiger partial charge in [-0.05, 0) is 45.2 Å². The van der Waals surface area contributed by atoms with Crippen LogP contribution in [0.1, 0.15) is 43.5 Å². The van der Waals surface area contributed by atoms with Crippen LogP contribution < -0.4 is 9.64 Å². The first kappa shape index (κ1) is 16.0. The second-order valence-electron chi connectivity index (χ2n) is 6.03. The SMILES string of the molecule is CC(=O)c1ccccc1OC[C@@H](O)C[NH+]1CCCC[C@H]1C. The molecule has 21 heavy (non-hydrogen) atoms. The summed E-state index contributed by atoms with van der Waals surface area (Å²) in [6.45, 7) is 5.84. The number of carbonyl (C=O) groups excluding carboxylic acids is 1. The molecule has 0 radical (unpaired) electrons. The fourth-order valence-electron chi connectivity index (χ4n) is 2.99. The number of hydrogen-bond acceptors (Lipinski definition) is 3. The van der Waals surface area contributed by atoms with Crippen molar-refractivity contribution < 1.29 is 19.5 Å². The van der Waals surface area contributed by atoms with Crippen molar-refractivity contribution in [2.24, 2.45) is 0 Å². The molecule has 2 N–H and O–H groups in total. The number of aliphatic hydroxyl groups excluding tert-OH is 1. The first-order valence-electron chi connectivity index (χ1n) is 7.83. The molecule has 0 spiro atoms. The molecular weight excluding hydrogens is 266 g/mol. The summed E-state index contributed by atoms with van der Waals surface area (Å²) >= 11 is 0. The summed E-state index contributed by atoms with van der Waals surface area (Å²) in [5, 5.41) is 10.2. The average molecular weight is 292 g/mol. The molecule has 1 aliphatic heterocycles. The molecule has 4 nitrogen and oxygen atoms in total. The van der Waals surface area contributed by atoms with E-state index in [1.54, 1.807) is 12.1 Å². The predicted molar refractivity (Wildman–Crippen MR) is 82.0 cm³/mol. The zero-order valence-corrected chi connectivity index (χ0v) is 13.0. The van der Waals surface area contributed by atoms with E-state index in [4.69, 9.17) is 4.74 Å². The number of benzene rings is 1. The Morgan fingerprint density at radius 3 is 2.90 bits per heavy atom. The van der Waals surface area contributed by atoms with Gasteiger partial charge in [0.1, 0.15) is 25.0 Å². The van der Waals surface area contributed by atoms with Crippen molar-refractivity contribution in [3.63, 3.8) is 0 Å². The van der Waals surface area contributed by atoms with E-state index in [1.165, 1.54) is 31.1 Å². The highest BCUT2D eigenvalue weighted by Gasteiger charge is 2.24. The van der Waals surface area contributed by atoms with Crippen LogP contribution in [0.5, 0.6) is 5.75 Å². The summed E-state index contributed by atoms with van der Waals surface area (Å²) in [6.07, 6.45) is 3.26. The van der Waals surface area contributed by atoms with Crippen LogP contribution in [0.2, 0.25) is 0 Å². The molecule has 0 aliphatic carbocycles. The molecule has 1 aromatic rings. The molecule has 0 bridgehead atoms. The summed E-state index contributed by atoms with van der Waals surface area (Å²) in [6, 6.07) is 7.80. The lowest BCUT2D eigenvalue weighted by Crippen LogP contribution is -3.17. The quantitative estimate of drug-likeness (QED) is 0.772. The third kappa shape index (κ3) is 4.55. The van der Waals surface area contributed by atoms with E-state index in [-0.39, 0.29) is 12.4 Å². The number of aliphatic hydroxyl groups is 1. The molecule has 1 fully saturated rings. The zero-order chi connectivity index (χ0) is 15.2. The van der Waals surface area contributed by atoms with Gasteiger partial charge in [0.25, 0.3) is 0 Å². The Kier molecular flexibility index (Phi) is 5.76. The van der Waals surface area contributed by atoms with Gasteiger partial charge in [-0.15, -0.1) is 0 Å². The summed E-state index contributed by atoms with van der Waals surface area (Å²) in [5.74, 6) is 0.543. The Balaban J connectivity index is 1.86. The molecule has 3 atom stereocenters. The number of hydrogen-bond donors (Lipinski definition) is 2. The van der Waals surface area contributed by atoms with Gasteiger partial charge in [-0.25, -0.2) is 0 Å². The first-order valence-corrected chi connectivity index (χ1v) is 7.83. The number of para-hydroxylation sites is 1. The van der Waals surface area contributed by atoms with Crippen molar-refractivity contribution in [1.29, 1.82) is 0 Å². The van der Waals surface area contributed by atoms with Crippen LogP contribution in [0.25, 0.3) is 0 Å². The number of ether oxygens (including phenoxy) is 1. The van der Waals surface area contributed by atoms with Gasteiger partial charge < -0.3 is 14.7 Å². The minimum Gasteiger partial charge on any atom is -0.490 e. The molecule has 1 aliphatic rings. The Bertz CT molecular complexity index is 475. The minimum atomic E-state index is -0.499. The van der Waals surface area contributed by atoms with Gasteiger partial charge in [0.05, 0.1) is 18.2 Å². The fraction of sp³-hybridized carbons (Fsp3) is 0.588. The molecule has 4 heteroatoms. The predicted octanol–water partition coefficient (Wildman–Crippen LogP) is 1.09. The molecule has 116 valence electrons. The molecule has 0 saturated carbocycles. The van der Waals surface area contributed by atoms with Gasteiger partial charge in [0.2, 0.25) is 0 Å². The largest absolute Gasteiger partial charge is 0.490 e. The highest BCUT2D eigenvalue weighted by Crippen LogP contribution is 2.18. The van der Waals surface area contributed by atoms with Crippen molar-refractivity contribution in [3.8, 4) is 5.75 Å². The van der Waals surface area contributed by atoms with Crippen molar-refractivity contribution in [3.05, 3.63) is 29.8 Å². The smallest absolute Gasteiger partial charge is 0.163 e. The maximum absolute atomic E-state index is 11.5. The minimum absolute atomic E-state index is 0.0182. The molecule has 2 rings (SSSR count). The highest BCUT2D eigenvalue weighted by molar-refractivity contribution is 5.96. The number of piperidine rings is 1. The second-order valence-corrected chi connectivity index (χ2v) is 6.03. The van der Waals surface area contributed by atoms with Crippen LogP contribution in [0.15, 0.2) is 24.3 Å². The van der Waals surface area contributed by atoms with Crippen molar-refractivity contribution in [2.75, 3.05) is 19.7 Å². The molecule has 1 aromatic carbocycles. The van der Waals surface area contributed by atoms with E-state index in [0.717, 1.165) is 6.54 Å². The van der Waals surface area contributed by atoms with Crippen molar-refractivity contribution in [2.45, 2.75) is 45.3 Å². The molecule has 1 unspecified atom stereocenters. The van der Waals surface area contributed by atoms with E-state index >= 15 is 0 Å². The third-order valence-corrected chi connectivity index (χ3v) is 4.28. The molecule has 0 aromatic heterocycles. The van der Waals surface area contributed by atoms with Crippen molar-refractivity contribution in [1.82, 2.24) is 0 Å². The lowest BCUT2D eigenvalue weighted by atomic mass is 10.0. The maximum atomic E-state index is 11.5. The zero-order valence-electron chi connectivity index (χ0n) is 13.0. The monoisotopic (exact) mass is 292 g/mol. The standard InChI is InChI=1S/C17H25NO3/c1-13-7-5-6-10-18(13)11-15(20)12-21-17-9-4-3-8-16(17)14(2)19/h3-4,8-9,13,15,20H,5-7,10-12H2,1-2H3/p+1/t13-,15+/m1/s1. The number of quaternary nitrogens is 1. The first-order chi connectivity index (χ1) is 10.1. The molecule has 0 amide bonds. The van der Waals surface area contributed by atoms with Crippen LogP contribution in [0, 0.1) is 0 Å². The number of likely N-dealkylation sites (tertiary alicyclic amines) is 1. The normalized spacial score (nSPS) is 23.6. The lowest BCUT2D eigenvalue weighted by Gasteiger charge is -2.31.